The van der Waals surface area contributed by atoms with E-state index in [2.05, 4.69) is 61.1 Å². The molecule has 204 valence electrons. The van der Waals surface area contributed by atoms with Gasteiger partial charge in [-0.15, -0.1) is 0 Å². The molecule has 0 aromatic heterocycles. The zero-order chi connectivity index (χ0) is 27.1. The maximum Gasteiger partial charge on any atom is 0.412 e. The van der Waals surface area contributed by atoms with Crippen molar-refractivity contribution < 1.29 is 13.2 Å². The van der Waals surface area contributed by atoms with Crippen molar-refractivity contribution in [3.8, 4) is 0 Å². The van der Waals surface area contributed by atoms with E-state index >= 15 is 0 Å². The number of halogens is 3. The minimum absolute atomic E-state index is 0.0516. The van der Waals surface area contributed by atoms with Gasteiger partial charge in [0.25, 0.3) is 0 Å². The lowest BCUT2D eigenvalue weighted by atomic mass is 9.87. The van der Waals surface area contributed by atoms with Gasteiger partial charge in [-0.1, -0.05) is 58.4 Å². The molecule has 0 saturated heterocycles. The summed E-state index contributed by atoms with van der Waals surface area (Å²) in [5, 5.41) is 13.6. The van der Waals surface area contributed by atoms with E-state index in [9.17, 15) is 13.2 Å². The van der Waals surface area contributed by atoms with Crippen LogP contribution in [0.1, 0.15) is 58.9 Å². The van der Waals surface area contributed by atoms with Crippen LogP contribution in [0.3, 0.4) is 0 Å². The van der Waals surface area contributed by atoms with Crippen molar-refractivity contribution in [2.24, 2.45) is 10.7 Å². The second-order valence-electron chi connectivity index (χ2n) is 10.5. The molecule has 2 aliphatic heterocycles. The van der Waals surface area contributed by atoms with E-state index < -0.39 is 11.7 Å². The number of dihydropyridines is 1. The Morgan fingerprint density at radius 3 is 2.49 bits per heavy atom. The fourth-order valence-electron chi connectivity index (χ4n) is 4.21. The second kappa shape index (κ2) is 12.8. The maximum absolute atomic E-state index is 13.6. The third-order valence-electron chi connectivity index (χ3n) is 6.38. The van der Waals surface area contributed by atoms with Gasteiger partial charge < -0.3 is 21.7 Å². The van der Waals surface area contributed by atoms with Crippen LogP contribution in [0.25, 0.3) is 0 Å². The molecule has 2 atom stereocenters. The van der Waals surface area contributed by atoms with Gasteiger partial charge in [0.15, 0.2) is 0 Å². The lowest BCUT2D eigenvalue weighted by Gasteiger charge is -2.36. The third-order valence-corrected chi connectivity index (χ3v) is 6.38. The number of rotatable bonds is 10. The Balaban J connectivity index is 1.83. The van der Waals surface area contributed by atoms with E-state index in [1.54, 1.807) is 6.08 Å². The number of nitrogens with zero attached hydrogens (tertiary/aromatic N) is 1. The first kappa shape index (κ1) is 28.9. The van der Waals surface area contributed by atoms with Crippen molar-refractivity contribution >= 4 is 11.5 Å². The van der Waals surface area contributed by atoms with Gasteiger partial charge in [-0.2, -0.15) is 13.2 Å². The third kappa shape index (κ3) is 8.45. The number of anilines is 1. The summed E-state index contributed by atoms with van der Waals surface area (Å²) in [6.07, 6.45) is 1.84. The number of allylic oxidation sites excluding steroid dienone is 3. The highest BCUT2D eigenvalue weighted by Gasteiger charge is 2.35. The summed E-state index contributed by atoms with van der Waals surface area (Å²) in [6.45, 7) is 10.3. The number of nitrogens with one attached hydrogen (secondary N) is 4. The Labute approximate surface area is 218 Å². The van der Waals surface area contributed by atoms with Gasteiger partial charge in [0.2, 0.25) is 0 Å². The number of benzene rings is 1. The van der Waals surface area contributed by atoms with E-state index in [1.807, 2.05) is 18.2 Å². The molecule has 0 spiro atoms. The molecule has 0 radical (unpaired) electrons. The summed E-state index contributed by atoms with van der Waals surface area (Å²) in [6, 6.07) is 8.27. The van der Waals surface area contributed by atoms with Crippen molar-refractivity contribution in [3.05, 3.63) is 64.9 Å². The Morgan fingerprint density at radius 2 is 1.86 bits per heavy atom. The van der Waals surface area contributed by atoms with Crippen molar-refractivity contribution in [2.75, 3.05) is 25.0 Å². The number of fused-ring (bicyclic) bond motifs is 1. The fraction of sp³-hybridized carbons (Fsp3) is 0.536. The fourth-order valence-corrected chi connectivity index (χ4v) is 4.21. The minimum atomic E-state index is -4.40. The molecule has 0 saturated carbocycles. The molecule has 0 fully saturated rings. The van der Waals surface area contributed by atoms with Crippen molar-refractivity contribution in [2.45, 2.75) is 77.3 Å². The van der Waals surface area contributed by atoms with E-state index in [-0.39, 0.29) is 37.1 Å². The molecule has 2 heterocycles. The average Bonchev–Trinajstić information content (AvgIpc) is 2.83. The van der Waals surface area contributed by atoms with Crippen LogP contribution >= 0.6 is 0 Å². The highest BCUT2D eigenvalue weighted by molar-refractivity contribution is 6.09. The van der Waals surface area contributed by atoms with E-state index in [1.165, 1.54) is 11.6 Å². The van der Waals surface area contributed by atoms with Crippen molar-refractivity contribution in [3.63, 3.8) is 0 Å². The van der Waals surface area contributed by atoms with Crippen LogP contribution in [0.4, 0.5) is 18.9 Å². The number of hydrogen-bond acceptors (Lipinski definition) is 6. The molecule has 3 rings (SSSR count). The Morgan fingerprint density at radius 1 is 1.14 bits per heavy atom. The molecule has 37 heavy (non-hydrogen) atoms. The molecule has 0 amide bonds. The molecular formula is C28H41F3N6. The van der Waals surface area contributed by atoms with Crippen LogP contribution in [0.15, 0.2) is 64.3 Å². The zero-order valence-corrected chi connectivity index (χ0v) is 22.3. The first-order valence-corrected chi connectivity index (χ1v) is 13.1. The van der Waals surface area contributed by atoms with Crippen LogP contribution in [-0.2, 0) is 5.41 Å². The lowest BCUT2D eigenvalue weighted by Crippen LogP contribution is -2.57. The minimum Gasteiger partial charge on any atom is -0.369 e. The predicted octanol–water partition coefficient (Wildman–Crippen LogP) is 5.08. The summed E-state index contributed by atoms with van der Waals surface area (Å²) < 4.78 is 40.7. The Bertz CT molecular complexity index is 1020. The summed E-state index contributed by atoms with van der Waals surface area (Å²) >= 11 is 0. The van der Waals surface area contributed by atoms with E-state index in [4.69, 9.17) is 10.7 Å². The Kier molecular flexibility index (Phi) is 9.98. The largest absolute Gasteiger partial charge is 0.412 e. The van der Waals surface area contributed by atoms with Crippen LogP contribution in [0, 0.1) is 0 Å². The summed E-state index contributed by atoms with van der Waals surface area (Å²) in [4.78, 5) is 4.89. The smallest absolute Gasteiger partial charge is 0.369 e. The SMILES string of the molecule is CCCCNCC1N=C(Nc2ccc(C(C)(C)C)cc2)C2=CC=C(C/C(=C\CCN)C(F)(F)F)NC2N1. The lowest BCUT2D eigenvalue weighted by molar-refractivity contribution is -0.0935. The summed E-state index contributed by atoms with van der Waals surface area (Å²) in [5.74, 6) is 0.701. The van der Waals surface area contributed by atoms with Crippen molar-refractivity contribution in [1.82, 2.24) is 16.0 Å². The van der Waals surface area contributed by atoms with E-state index in [0.717, 1.165) is 30.6 Å². The highest BCUT2D eigenvalue weighted by Crippen LogP contribution is 2.32. The van der Waals surface area contributed by atoms with Gasteiger partial charge in [-0.3, -0.25) is 5.32 Å². The van der Waals surface area contributed by atoms with Gasteiger partial charge in [-0.05, 0) is 55.1 Å². The first-order chi connectivity index (χ1) is 17.5. The molecule has 6 nitrogen and oxygen atoms in total. The Hall–Kier alpha value is -2.62. The number of alkyl halides is 3. The van der Waals surface area contributed by atoms with Crippen LogP contribution in [0.5, 0.6) is 0 Å². The van der Waals surface area contributed by atoms with Gasteiger partial charge in [0, 0.05) is 35.5 Å². The maximum atomic E-state index is 13.6. The van der Waals surface area contributed by atoms with Crippen molar-refractivity contribution in [1.29, 1.82) is 0 Å². The average molecular weight is 519 g/mol. The normalized spacial score (nSPS) is 20.4. The molecule has 1 aromatic carbocycles. The monoisotopic (exact) mass is 518 g/mol. The molecule has 6 N–H and O–H groups in total. The molecule has 1 aromatic rings. The number of amidine groups is 1. The highest BCUT2D eigenvalue weighted by atomic mass is 19.4. The van der Waals surface area contributed by atoms with Crippen LogP contribution in [-0.4, -0.2) is 44.0 Å². The quantitative estimate of drug-likeness (QED) is 0.220. The number of aliphatic imine (C=N–C) groups is 1. The number of nitrogens with two attached hydrogens (primary N) is 1. The van der Waals surface area contributed by atoms with Gasteiger partial charge >= 0.3 is 6.18 Å². The topological polar surface area (TPSA) is 86.5 Å². The standard InChI is InChI=1S/C28H41F3N6/c1-5-6-16-33-18-24-36-25(34-21-11-9-19(10-12-21)27(2,3)4)23-14-13-22(35-26(23)37-24)17-20(8-7-15-32)28(29,30)31/h8-14,24,26,33,35,37H,5-7,15-18,32H2,1-4H3,(H,34,36)/b20-8+. The van der Waals surface area contributed by atoms with Gasteiger partial charge in [0.05, 0.1) is 0 Å². The van der Waals surface area contributed by atoms with E-state index in [0.29, 0.717) is 18.1 Å². The molecule has 9 heteroatoms. The molecule has 2 unspecified atom stereocenters. The number of unbranched alkanes of at least 4 members (excludes halogenated alkanes) is 1. The summed E-state index contributed by atoms with van der Waals surface area (Å²) in [7, 11) is 0. The molecule has 0 aliphatic carbocycles. The molecular weight excluding hydrogens is 477 g/mol. The first-order valence-electron chi connectivity index (χ1n) is 13.1. The zero-order valence-electron chi connectivity index (χ0n) is 22.3. The molecule has 0 bridgehead atoms. The van der Waals surface area contributed by atoms with Gasteiger partial charge in [-0.25, -0.2) is 4.99 Å². The van der Waals surface area contributed by atoms with Crippen LogP contribution < -0.4 is 27.0 Å². The molecule has 2 aliphatic rings. The van der Waals surface area contributed by atoms with Crippen LogP contribution in [0.2, 0.25) is 0 Å². The summed E-state index contributed by atoms with van der Waals surface area (Å²) in [5.41, 5.74) is 8.39. The predicted molar refractivity (Wildman–Crippen MR) is 146 cm³/mol. The van der Waals surface area contributed by atoms with Gasteiger partial charge in [0.1, 0.15) is 18.2 Å². The second-order valence-corrected chi connectivity index (χ2v) is 10.5. The number of hydrogen-bond donors (Lipinski definition) is 5.